The highest BCUT2D eigenvalue weighted by molar-refractivity contribution is 6.30. The number of aryl methyl sites for hydroxylation is 2. The number of benzene rings is 1. The van der Waals surface area contributed by atoms with E-state index < -0.39 is 0 Å². The molecule has 0 saturated carbocycles. The highest BCUT2D eigenvalue weighted by Crippen LogP contribution is 2.25. The average Bonchev–Trinajstić information content (AvgIpc) is 3.08. The van der Waals surface area contributed by atoms with Crippen molar-refractivity contribution >= 4 is 17.8 Å². The largest absolute Gasteiger partial charge is 0.318 e. The molecule has 0 aliphatic rings. The molecule has 0 bridgehead atoms. The number of nitrogens with zero attached hydrogens (tertiary/aromatic N) is 5. The summed E-state index contributed by atoms with van der Waals surface area (Å²) in [7, 11) is 0. The first-order valence-corrected chi connectivity index (χ1v) is 7.28. The molecule has 0 aliphatic heterocycles. The second kappa shape index (κ2) is 5.77. The lowest BCUT2D eigenvalue weighted by Crippen LogP contribution is -2.02. The van der Waals surface area contributed by atoms with Gasteiger partial charge >= 0.3 is 0 Å². The van der Waals surface area contributed by atoms with Crippen LogP contribution in [0.25, 0.3) is 5.69 Å². The minimum Gasteiger partial charge on any atom is -0.318 e. The van der Waals surface area contributed by atoms with Gasteiger partial charge in [-0.15, -0.1) is 10.2 Å². The van der Waals surface area contributed by atoms with Crippen LogP contribution in [0.4, 0.5) is 0 Å². The summed E-state index contributed by atoms with van der Waals surface area (Å²) in [5.74, 6) is 0. The molecule has 0 N–H and O–H groups in total. The van der Waals surface area contributed by atoms with Gasteiger partial charge in [-0.2, -0.15) is 5.10 Å². The van der Waals surface area contributed by atoms with Crippen LogP contribution in [-0.2, 0) is 0 Å². The Hall–Kier alpha value is -2.40. The monoisotopic (exact) mass is 313 g/mol. The maximum Gasteiger partial charge on any atom is 0.141 e. The first-order valence-electron chi connectivity index (χ1n) is 6.90. The van der Waals surface area contributed by atoms with Crippen LogP contribution in [0.15, 0.2) is 42.0 Å². The van der Waals surface area contributed by atoms with Gasteiger partial charge in [-0.25, -0.2) is 4.68 Å². The summed E-state index contributed by atoms with van der Waals surface area (Å²) >= 11 is 6.15. The van der Waals surface area contributed by atoms with Crippen molar-refractivity contribution < 1.29 is 0 Å². The minimum atomic E-state index is 0.729. The van der Waals surface area contributed by atoms with Gasteiger partial charge in [0, 0.05) is 27.7 Å². The molecule has 0 amide bonds. The van der Waals surface area contributed by atoms with Gasteiger partial charge in [-0.3, -0.25) is 0 Å². The van der Waals surface area contributed by atoms with E-state index in [4.69, 9.17) is 11.6 Å². The molecule has 0 saturated heterocycles. The summed E-state index contributed by atoms with van der Waals surface area (Å²) < 4.78 is 3.76. The molecule has 112 valence electrons. The zero-order valence-electron chi connectivity index (χ0n) is 12.7. The Balaban J connectivity index is 2.05. The van der Waals surface area contributed by atoms with Crippen LogP contribution in [-0.4, -0.2) is 25.7 Å². The van der Waals surface area contributed by atoms with Crippen molar-refractivity contribution in [3.63, 3.8) is 0 Å². The summed E-state index contributed by atoms with van der Waals surface area (Å²) in [4.78, 5) is 0. The molecule has 6 heteroatoms. The highest BCUT2D eigenvalue weighted by atomic mass is 35.5. The van der Waals surface area contributed by atoms with E-state index in [-0.39, 0.29) is 0 Å². The molecular weight excluding hydrogens is 298 g/mol. The van der Waals surface area contributed by atoms with Gasteiger partial charge in [0.05, 0.1) is 6.21 Å². The van der Waals surface area contributed by atoms with Crippen LogP contribution in [0.3, 0.4) is 0 Å². The topological polar surface area (TPSA) is 48.0 Å². The standard InChI is InChI=1S/C16H16ClN5/c1-11-4-5-15(17)7-16(11)22-12(2)6-14(13(22)3)8-20-21-9-18-19-10-21/h4-10H,1-3H3/b20-8-. The molecule has 1 aromatic carbocycles. The molecule has 0 radical (unpaired) electrons. The summed E-state index contributed by atoms with van der Waals surface area (Å²) in [6.45, 7) is 6.22. The van der Waals surface area contributed by atoms with E-state index in [1.807, 2.05) is 24.4 Å². The van der Waals surface area contributed by atoms with Crippen LogP contribution < -0.4 is 0 Å². The normalized spacial score (nSPS) is 11.5. The molecule has 0 spiro atoms. The smallest absolute Gasteiger partial charge is 0.141 e. The first-order chi connectivity index (χ1) is 10.6. The molecule has 0 aliphatic carbocycles. The van der Waals surface area contributed by atoms with Crippen molar-refractivity contribution in [1.82, 2.24) is 19.4 Å². The number of rotatable bonds is 3. The van der Waals surface area contributed by atoms with Crippen molar-refractivity contribution in [3.8, 4) is 5.69 Å². The Morgan fingerprint density at radius 2 is 1.82 bits per heavy atom. The second-order valence-corrected chi connectivity index (χ2v) is 5.62. The quantitative estimate of drug-likeness (QED) is 0.694. The third-order valence-electron chi connectivity index (χ3n) is 3.62. The maximum absolute atomic E-state index is 6.15. The van der Waals surface area contributed by atoms with E-state index in [2.05, 4.69) is 46.7 Å². The van der Waals surface area contributed by atoms with Gasteiger partial charge in [-0.1, -0.05) is 17.7 Å². The Kier molecular flexibility index (Phi) is 3.81. The van der Waals surface area contributed by atoms with Crippen molar-refractivity contribution in [2.45, 2.75) is 20.8 Å². The number of hydrogen-bond donors (Lipinski definition) is 0. The predicted octanol–water partition coefficient (Wildman–Crippen LogP) is 3.53. The lowest BCUT2D eigenvalue weighted by atomic mass is 10.2. The number of halogens is 1. The van der Waals surface area contributed by atoms with Crippen molar-refractivity contribution in [2.75, 3.05) is 0 Å². The molecule has 2 heterocycles. The van der Waals surface area contributed by atoms with Gasteiger partial charge in [0.15, 0.2) is 0 Å². The molecule has 3 rings (SSSR count). The van der Waals surface area contributed by atoms with Gasteiger partial charge in [-0.05, 0) is 44.5 Å². The van der Waals surface area contributed by atoms with E-state index in [0.29, 0.717) is 0 Å². The summed E-state index contributed by atoms with van der Waals surface area (Å²) in [6, 6.07) is 8.02. The van der Waals surface area contributed by atoms with Crippen LogP contribution in [0.2, 0.25) is 5.02 Å². The molecule has 3 aromatic rings. The SMILES string of the molecule is Cc1ccc(Cl)cc1-n1c(C)cc(/C=N\n2cnnc2)c1C. The average molecular weight is 314 g/mol. The van der Waals surface area contributed by atoms with Crippen LogP contribution in [0, 0.1) is 20.8 Å². The van der Waals surface area contributed by atoms with Crippen molar-refractivity contribution in [3.05, 3.63) is 64.5 Å². The third kappa shape index (κ3) is 2.67. The Bertz CT molecular complexity index is 831. The number of aromatic nitrogens is 4. The lowest BCUT2D eigenvalue weighted by Gasteiger charge is -2.13. The molecule has 0 atom stereocenters. The fraction of sp³-hybridized carbons (Fsp3) is 0.188. The highest BCUT2D eigenvalue weighted by Gasteiger charge is 2.11. The van der Waals surface area contributed by atoms with E-state index in [1.54, 1.807) is 17.3 Å². The van der Waals surface area contributed by atoms with Crippen LogP contribution >= 0.6 is 11.6 Å². The van der Waals surface area contributed by atoms with Gasteiger partial charge in [0.25, 0.3) is 0 Å². The zero-order chi connectivity index (χ0) is 15.7. The van der Waals surface area contributed by atoms with E-state index in [1.165, 1.54) is 5.56 Å². The van der Waals surface area contributed by atoms with E-state index >= 15 is 0 Å². The molecule has 0 fully saturated rings. The second-order valence-electron chi connectivity index (χ2n) is 5.18. The Morgan fingerprint density at radius 1 is 1.09 bits per heavy atom. The lowest BCUT2D eigenvalue weighted by molar-refractivity contribution is 0.877. The Labute approximate surface area is 133 Å². The van der Waals surface area contributed by atoms with E-state index in [0.717, 1.165) is 27.7 Å². The predicted molar refractivity (Wildman–Crippen MR) is 88.0 cm³/mol. The van der Waals surface area contributed by atoms with Crippen LogP contribution in [0.5, 0.6) is 0 Å². The fourth-order valence-electron chi connectivity index (χ4n) is 2.50. The molecule has 2 aromatic heterocycles. The molecule has 5 nitrogen and oxygen atoms in total. The molecule has 0 unspecified atom stereocenters. The van der Waals surface area contributed by atoms with E-state index in [9.17, 15) is 0 Å². The molecule has 22 heavy (non-hydrogen) atoms. The minimum absolute atomic E-state index is 0.729. The Morgan fingerprint density at radius 3 is 2.55 bits per heavy atom. The van der Waals surface area contributed by atoms with Crippen LogP contribution in [0.1, 0.15) is 22.5 Å². The number of hydrogen-bond acceptors (Lipinski definition) is 3. The van der Waals surface area contributed by atoms with Gasteiger partial charge in [0.1, 0.15) is 12.7 Å². The van der Waals surface area contributed by atoms with Gasteiger partial charge in [0.2, 0.25) is 0 Å². The fourth-order valence-corrected chi connectivity index (χ4v) is 2.66. The van der Waals surface area contributed by atoms with Crippen molar-refractivity contribution in [2.24, 2.45) is 5.10 Å². The summed E-state index contributed by atoms with van der Waals surface area (Å²) in [5.41, 5.74) is 5.55. The van der Waals surface area contributed by atoms with Gasteiger partial charge < -0.3 is 4.57 Å². The zero-order valence-corrected chi connectivity index (χ0v) is 13.4. The summed E-state index contributed by atoms with van der Waals surface area (Å²) in [6.07, 6.45) is 4.91. The first kappa shape index (κ1) is 14.5. The van der Waals surface area contributed by atoms with Crippen molar-refractivity contribution in [1.29, 1.82) is 0 Å². The maximum atomic E-state index is 6.15. The summed E-state index contributed by atoms with van der Waals surface area (Å²) in [5, 5.41) is 12.5. The third-order valence-corrected chi connectivity index (χ3v) is 3.85. The molecular formula is C16H16ClN5.